The first-order valence-electron chi connectivity index (χ1n) is 12.3. The number of esters is 1. The molecular weight excluding hydrogens is 426 g/mol. The molecule has 2 aliphatic carbocycles. The molecule has 5 rings (SSSR count). The van der Waals surface area contributed by atoms with Crippen LogP contribution in [0.15, 0.2) is 70.9 Å². The minimum atomic E-state index is -0.632. The number of methoxy groups -OCH3 is 1. The van der Waals surface area contributed by atoms with E-state index >= 15 is 0 Å². The third-order valence-electron chi connectivity index (χ3n) is 7.47. The van der Waals surface area contributed by atoms with Crippen LogP contribution in [0.25, 0.3) is 0 Å². The van der Waals surface area contributed by atoms with Gasteiger partial charge in [0.1, 0.15) is 17.8 Å². The van der Waals surface area contributed by atoms with E-state index in [1.165, 1.54) is 0 Å². The van der Waals surface area contributed by atoms with E-state index in [0.29, 0.717) is 29.9 Å². The number of allylic oxidation sites excluding steroid dienone is 2. The molecule has 5 nitrogen and oxygen atoms in total. The van der Waals surface area contributed by atoms with Crippen LogP contribution in [-0.4, -0.2) is 30.7 Å². The number of carbonyl (C=O) groups is 2. The number of benzene rings is 2. The van der Waals surface area contributed by atoms with Gasteiger partial charge in [0.2, 0.25) is 0 Å². The Labute approximate surface area is 200 Å². The first kappa shape index (κ1) is 22.6. The zero-order chi connectivity index (χ0) is 23.7. The summed E-state index contributed by atoms with van der Waals surface area (Å²) in [5.41, 5.74) is 4.14. The average Bonchev–Trinajstić information content (AvgIpc) is 3.36. The Hall–Kier alpha value is -3.21. The van der Waals surface area contributed by atoms with Crippen molar-refractivity contribution >= 4 is 17.5 Å². The summed E-state index contributed by atoms with van der Waals surface area (Å²) in [5.74, 6) is -0.556. The lowest BCUT2D eigenvalue weighted by Gasteiger charge is -2.37. The predicted octanol–water partition coefficient (Wildman–Crippen LogP) is 5.76. The van der Waals surface area contributed by atoms with Gasteiger partial charge in [-0.25, -0.2) is 0 Å². The van der Waals surface area contributed by atoms with Gasteiger partial charge in [-0.3, -0.25) is 14.6 Å². The van der Waals surface area contributed by atoms with E-state index in [4.69, 9.17) is 14.5 Å². The number of hydrogen-bond donors (Lipinski definition) is 0. The van der Waals surface area contributed by atoms with Crippen LogP contribution in [0.1, 0.15) is 68.4 Å². The SMILES string of the molecule is COc1ccccc1[C@H]1C2=C(C[C@@H](c3ccccc3)CC2=O)N=C(C)C1C(=O)OC1CCCC1. The van der Waals surface area contributed by atoms with Gasteiger partial charge in [-0.15, -0.1) is 0 Å². The number of ether oxygens (including phenoxy) is 2. The monoisotopic (exact) mass is 457 g/mol. The van der Waals surface area contributed by atoms with Crippen molar-refractivity contribution in [3.8, 4) is 5.75 Å². The third-order valence-corrected chi connectivity index (χ3v) is 7.47. The molecule has 1 aliphatic heterocycles. The Bertz CT molecular complexity index is 1140. The van der Waals surface area contributed by atoms with Crippen LogP contribution in [-0.2, 0) is 14.3 Å². The van der Waals surface area contributed by atoms with Gasteiger partial charge in [0, 0.05) is 34.9 Å². The molecule has 34 heavy (non-hydrogen) atoms. The van der Waals surface area contributed by atoms with Crippen LogP contribution in [0.4, 0.5) is 0 Å². The van der Waals surface area contributed by atoms with Crippen molar-refractivity contribution in [2.24, 2.45) is 10.9 Å². The first-order chi connectivity index (χ1) is 16.6. The van der Waals surface area contributed by atoms with Crippen molar-refractivity contribution in [1.29, 1.82) is 0 Å². The average molecular weight is 458 g/mol. The maximum Gasteiger partial charge on any atom is 0.315 e. The van der Waals surface area contributed by atoms with Crippen molar-refractivity contribution in [2.45, 2.75) is 63.4 Å². The lowest BCUT2D eigenvalue weighted by atomic mass is 9.69. The van der Waals surface area contributed by atoms with Crippen molar-refractivity contribution in [3.63, 3.8) is 0 Å². The van der Waals surface area contributed by atoms with Crippen LogP contribution in [0.2, 0.25) is 0 Å². The Morgan fingerprint density at radius 2 is 1.68 bits per heavy atom. The molecule has 2 aromatic carbocycles. The summed E-state index contributed by atoms with van der Waals surface area (Å²) in [6.07, 6.45) is 5.02. The lowest BCUT2D eigenvalue weighted by Crippen LogP contribution is -2.39. The maximum atomic E-state index is 13.7. The van der Waals surface area contributed by atoms with E-state index in [-0.39, 0.29) is 23.8 Å². The van der Waals surface area contributed by atoms with Crippen molar-refractivity contribution < 1.29 is 19.1 Å². The van der Waals surface area contributed by atoms with Gasteiger partial charge < -0.3 is 9.47 Å². The highest BCUT2D eigenvalue weighted by molar-refractivity contribution is 6.09. The number of Topliss-reactive ketones (excluding diaryl/α,β-unsaturated/α-hetero) is 1. The smallest absolute Gasteiger partial charge is 0.315 e. The number of nitrogens with zero attached hydrogens (tertiary/aromatic N) is 1. The number of ketones is 1. The highest BCUT2D eigenvalue weighted by Crippen LogP contribution is 2.48. The summed E-state index contributed by atoms with van der Waals surface area (Å²) < 4.78 is 11.6. The third kappa shape index (κ3) is 4.20. The summed E-state index contributed by atoms with van der Waals surface area (Å²) in [4.78, 5) is 32.1. The molecule has 1 unspecified atom stereocenters. The highest BCUT2D eigenvalue weighted by atomic mass is 16.5. The van der Waals surface area contributed by atoms with Gasteiger partial charge in [-0.1, -0.05) is 48.5 Å². The second kappa shape index (κ2) is 9.57. The number of rotatable bonds is 5. The van der Waals surface area contributed by atoms with Gasteiger partial charge in [0.15, 0.2) is 5.78 Å². The standard InChI is InChI=1S/C29H31NO4/c1-18-26(29(32)34-21-12-6-7-13-21)27(22-14-8-9-15-25(22)33-2)28-23(30-18)16-20(17-24(28)31)19-10-4-3-5-11-19/h3-5,8-11,14-15,20-21,26-27H,6-7,12-13,16-17H2,1-2H3/t20-,26?,27-/m1/s1. The zero-order valence-corrected chi connectivity index (χ0v) is 19.8. The van der Waals surface area contributed by atoms with Crippen LogP contribution in [0.3, 0.4) is 0 Å². The Kier molecular flexibility index (Phi) is 6.36. The minimum Gasteiger partial charge on any atom is -0.496 e. The summed E-state index contributed by atoms with van der Waals surface area (Å²) >= 11 is 0. The highest BCUT2D eigenvalue weighted by Gasteiger charge is 2.46. The molecule has 5 heteroatoms. The van der Waals surface area contributed by atoms with E-state index in [1.807, 2.05) is 49.4 Å². The normalized spacial score (nSPS) is 25.1. The fraction of sp³-hybridized carbons (Fsp3) is 0.414. The van der Waals surface area contributed by atoms with E-state index in [2.05, 4.69) is 12.1 Å². The molecule has 0 aromatic heterocycles. The predicted molar refractivity (Wildman–Crippen MR) is 131 cm³/mol. The second-order valence-corrected chi connectivity index (χ2v) is 9.59. The van der Waals surface area contributed by atoms with E-state index in [9.17, 15) is 9.59 Å². The first-order valence-corrected chi connectivity index (χ1v) is 12.3. The molecule has 1 fully saturated rings. The Balaban J connectivity index is 1.57. The molecule has 0 amide bonds. The van der Waals surface area contributed by atoms with Crippen LogP contribution < -0.4 is 4.74 Å². The molecule has 0 spiro atoms. The quantitative estimate of drug-likeness (QED) is 0.536. The fourth-order valence-corrected chi connectivity index (χ4v) is 5.83. The molecule has 1 heterocycles. The van der Waals surface area contributed by atoms with Gasteiger partial charge in [0.25, 0.3) is 0 Å². The zero-order valence-electron chi connectivity index (χ0n) is 19.8. The van der Waals surface area contributed by atoms with Crippen molar-refractivity contribution in [1.82, 2.24) is 0 Å². The summed E-state index contributed by atoms with van der Waals surface area (Å²) in [6, 6.07) is 17.8. The second-order valence-electron chi connectivity index (χ2n) is 9.59. The number of aliphatic imine (C=N–C) groups is 1. The topological polar surface area (TPSA) is 65.0 Å². The lowest BCUT2D eigenvalue weighted by molar-refractivity contribution is -0.151. The van der Waals surface area contributed by atoms with Gasteiger partial charge >= 0.3 is 5.97 Å². The molecule has 3 aliphatic rings. The van der Waals surface area contributed by atoms with Gasteiger partial charge in [0.05, 0.1) is 7.11 Å². The summed E-state index contributed by atoms with van der Waals surface area (Å²) in [5, 5.41) is 0. The molecule has 1 saturated carbocycles. The molecule has 3 atom stereocenters. The summed E-state index contributed by atoms with van der Waals surface area (Å²) in [7, 11) is 1.62. The van der Waals surface area contributed by atoms with Gasteiger partial charge in [-0.2, -0.15) is 0 Å². The van der Waals surface area contributed by atoms with Gasteiger partial charge in [-0.05, 0) is 56.6 Å². The largest absolute Gasteiger partial charge is 0.496 e. The molecular formula is C29H31NO4. The minimum absolute atomic E-state index is 0.0430. The maximum absolute atomic E-state index is 13.7. The Morgan fingerprint density at radius 1 is 0.971 bits per heavy atom. The molecule has 0 N–H and O–H groups in total. The molecule has 0 radical (unpaired) electrons. The van der Waals surface area contributed by atoms with Crippen molar-refractivity contribution in [2.75, 3.05) is 7.11 Å². The summed E-state index contributed by atoms with van der Waals surface area (Å²) in [6.45, 7) is 1.89. The number of hydrogen-bond acceptors (Lipinski definition) is 5. The van der Waals surface area contributed by atoms with Crippen molar-refractivity contribution in [3.05, 3.63) is 77.0 Å². The van der Waals surface area contributed by atoms with Crippen LogP contribution in [0.5, 0.6) is 5.75 Å². The van der Waals surface area contributed by atoms with Crippen LogP contribution >= 0.6 is 0 Å². The fourth-order valence-electron chi connectivity index (χ4n) is 5.83. The van der Waals surface area contributed by atoms with Crippen LogP contribution in [0, 0.1) is 5.92 Å². The molecule has 0 saturated heterocycles. The van der Waals surface area contributed by atoms with E-state index < -0.39 is 11.8 Å². The molecule has 0 bridgehead atoms. The number of carbonyl (C=O) groups excluding carboxylic acids is 2. The molecule has 2 aromatic rings. The number of para-hydroxylation sites is 1. The Morgan fingerprint density at radius 3 is 2.41 bits per heavy atom. The van der Waals surface area contributed by atoms with E-state index in [0.717, 1.165) is 42.5 Å². The van der Waals surface area contributed by atoms with E-state index in [1.54, 1.807) is 7.11 Å². The molecule has 176 valence electrons.